The van der Waals surface area contributed by atoms with E-state index in [2.05, 4.69) is 41.2 Å². The summed E-state index contributed by atoms with van der Waals surface area (Å²) in [7, 11) is 0. The Morgan fingerprint density at radius 3 is 2.24 bits per heavy atom. The standard InChI is InChI=1S/C22H41N5O.HI/c1-4-23-22(25-20-15-17(2)14-18(3)16-20)24-8-9-26-10-12-27(13-11-26)21(28)19-6-5-7-19;/h17-20H,4-16H2,1-3H3,(H2,23,24,25);1H. The molecule has 29 heavy (non-hydrogen) atoms. The van der Waals surface area contributed by atoms with Crippen LogP contribution >= 0.6 is 24.0 Å². The fourth-order valence-electron chi connectivity index (χ4n) is 4.99. The van der Waals surface area contributed by atoms with E-state index in [1.807, 2.05) is 0 Å². The molecule has 0 aromatic carbocycles. The molecule has 1 amide bonds. The van der Waals surface area contributed by atoms with Gasteiger partial charge in [0.1, 0.15) is 0 Å². The predicted molar refractivity (Wildman–Crippen MR) is 131 cm³/mol. The molecule has 0 bridgehead atoms. The number of carbonyl (C=O) groups excluding carboxylic acids is 1. The van der Waals surface area contributed by atoms with Crippen LogP contribution in [0.4, 0.5) is 0 Å². The Bertz CT molecular complexity index is 521. The van der Waals surface area contributed by atoms with E-state index in [-0.39, 0.29) is 24.0 Å². The Labute approximate surface area is 194 Å². The van der Waals surface area contributed by atoms with E-state index < -0.39 is 0 Å². The van der Waals surface area contributed by atoms with Crippen molar-refractivity contribution in [3.05, 3.63) is 0 Å². The molecule has 168 valence electrons. The number of nitrogens with zero attached hydrogens (tertiary/aromatic N) is 3. The lowest BCUT2D eigenvalue weighted by Crippen LogP contribution is -2.51. The first-order valence-corrected chi connectivity index (χ1v) is 11.6. The number of amides is 1. The highest BCUT2D eigenvalue weighted by Crippen LogP contribution is 2.29. The highest BCUT2D eigenvalue weighted by Gasteiger charge is 2.31. The summed E-state index contributed by atoms with van der Waals surface area (Å²) in [5.41, 5.74) is 0. The molecule has 2 unspecified atom stereocenters. The van der Waals surface area contributed by atoms with Crippen LogP contribution < -0.4 is 10.6 Å². The Balaban J connectivity index is 0.00000300. The molecule has 1 heterocycles. The molecule has 7 heteroatoms. The number of hydrogen-bond donors (Lipinski definition) is 2. The SMILES string of the molecule is CCNC(=NCCN1CCN(C(=O)C2CCC2)CC1)NC1CC(C)CC(C)C1.I. The van der Waals surface area contributed by atoms with Crippen LogP contribution in [-0.4, -0.2) is 73.5 Å². The molecule has 2 aliphatic carbocycles. The average Bonchev–Trinajstić information content (AvgIpc) is 2.60. The number of nitrogens with one attached hydrogen (secondary N) is 2. The minimum Gasteiger partial charge on any atom is -0.357 e. The van der Waals surface area contributed by atoms with E-state index in [0.717, 1.165) is 76.5 Å². The second-order valence-corrected chi connectivity index (χ2v) is 9.31. The summed E-state index contributed by atoms with van der Waals surface area (Å²) in [4.78, 5) is 21.7. The summed E-state index contributed by atoms with van der Waals surface area (Å²) in [5.74, 6) is 3.28. The van der Waals surface area contributed by atoms with E-state index in [4.69, 9.17) is 4.99 Å². The minimum absolute atomic E-state index is 0. The summed E-state index contributed by atoms with van der Waals surface area (Å²) in [6.45, 7) is 13.3. The van der Waals surface area contributed by atoms with E-state index >= 15 is 0 Å². The van der Waals surface area contributed by atoms with Crippen molar-refractivity contribution >= 4 is 35.8 Å². The number of rotatable bonds is 6. The largest absolute Gasteiger partial charge is 0.357 e. The number of carbonyl (C=O) groups is 1. The molecular weight excluding hydrogens is 477 g/mol. The zero-order valence-corrected chi connectivity index (χ0v) is 21.0. The van der Waals surface area contributed by atoms with Crippen LogP contribution in [0.1, 0.15) is 59.3 Å². The lowest BCUT2D eigenvalue weighted by molar-refractivity contribution is -0.139. The molecule has 0 spiro atoms. The topological polar surface area (TPSA) is 60.0 Å². The number of aliphatic imine (C=N–C) groups is 1. The molecule has 2 N–H and O–H groups in total. The highest BCUT2D eigenvalue weighted by molar-refractivity contribution is 14.0. The summed E-state index contributed by atoms with van der Waals surface area (Å²) in [6, 6.07) is 0.539. The van der Waals surface area contributed by atoms with Crippen molar-refractivity contribution in [2.75, 3.05) is 45.8 Å². The van der Waals surface area contributed by atoms with Gasteiger partial charge in [0, 0.05) is 51.2 Å². The molecule has 3 fully saturated rings. The van der Waals surface area contributed by atoms with E-state index in [9.17, 15) is 4.79 Å². The lowest BCUT2D eigenvalue weighted by Gasteiger charge is -2.38. The maximum absolute atomic E-state index is 12.4. The smallest absolute Gasteiger partial charge is 0.225 e. The molecular formula is C22H42IN5O. The van der Waals surface area contributed by atoms with Crippen LogP contribution in [0.25, 0.3) is 0 Å². The normalized spacial score (nSPS) is 29.0. The Morgan fingerprint density at radius 2 is 1.69 bits per heavy atom. The molecule has 2 saturated carbocycles. The molecule has 1 aliphatic heterocycles. The van der Waals surface area contributed by atoms with Gasteiger partial charge in [0.15, 0.2) is 5.96 Å². The minimum atomic E-state index is 0. The monoisotopic (exact) mass is 519 g/mol. The van der Waals surface area contributed by atoms with Gasteiger partial charge in [-0.05, 0) is 50.9 Å². The van der Waals surface area contributed by atoms with Gasteiger partial charge in [-0.1, -0.05) is 20.3 Å². The molecule has 2 atom stereocenters. The van der Waals surface area contributed by atoms with Gasteiger partial charge in [-0.25, -0.2) is 0 Å². The van der Waals surface area contributed by atoms with Crippen molar-refractivity contribution in [2.45, 2.75) is 65.3 Å². The van der Waals surface area contributed by atoms with Crippen LogP contribution in [-0.2, 0) is 4.79 Å². The van der Waals surface area contributed by atoms with Gasteiger partial charge in [0.05, 0.1) is 6.54 Å². The van der Waals surface area contributed by atoms with E-state index in [0.29, 0.717) is 17.9 Å². The number of piperazine rings is 1. The zero-order valence-electron chi connectivity index (χ0n) is 18.7. The summed E-state index contributed by atoms with van der Waals surface area (Å²) >= 11 is 0. The second kappa shape index (κ2) is 12.3. The first-order chi connectivity index (χ1) is 13.5. The molecule has 0 aromatic rings. The average molecular weight is 520 g/mol. The van der Waals surface area contributed by atoms with Crippen molar-refractivity contribution in [3.63, 3.8) is 0 Å². The Kier molecular flexibility index (Phi) is 10.5. The first-order valence-electron chi connectivity index (χ1n) is 11.6. The number of halogens is 1. The van der Waals surface area contributed by atoms with Crippen LogP contribution in [0, 0.1) is 17.8 Å². The van der Waals surface area contributed by atoms with E-state index in [1.165, 1.54) is 25.7 Å². The third-order valence-corrected chi connectivity index (χ3v) is 6.69. The van der Waals surface area contributed by atoms with Crippen molar-refractivity contribution in [1.29, 1.82) is 0 Å². The number of guanidine groups is 1. The Morgan fingerprint density at radius 1 is 1.03 bits per heavy atom. The van der Waals surface area contributed by atoms with Crippen LogP contribution in [0.3, 0.4) is 0 Å². The maximum Gasteiger partial charge on any atom is 0.225 e. The second-order valence-electron chi connectivity index (χ2n) is 9.31. The van der Waals surface area contributed by atoms with Gasteiger partial charge >= 0.3 is 0 Å². The summed E-state index contributed by atoms with van der Waals surface area (Å²) in [5, 5.41) is 7.08. The van der Waals surface area contributed by atoms with Gasteiger partial charge in [0.25, 0.3) is 0 Å². The number of hydrogen-bond acceptors (Lipinski definition) is 3. The third-order valence-electron chi connectivity index (χ3n) is 6.69. The molecule has 0 radical (unpaired) electrons. The first kappa shape index (κ1) is 24.7. The molecule has 3 aliphatic rings. The van der Waals surface area contributed by atoms with Crippen molar-refractivity contribution < 1.29 is 4.79 Å². The molecule has 3 rings (SSSR count). The van der Waals surface area contributed by atoms with Gasteiger partial charge in [-0.2, -0.15) is 0 Å². The van der Waals surface area contributed by atoms with Crippen molar-refractivity contribution in [1.82, 2.24) is 20.4 Å². The fourth-order valence-corrected chi connectivity index (χ4v) is 4.99. The Hall–Kier alpha value is -0.570. The lowest BCUT2D eigenvalue weighted by atomic mass is 9.80. The highest BCUT2D eigenvalue weighted by atomic mass is 127. The van der Waals surface area contributed by atoms with Crippen LogP contribution in [0.15, 0.2) is 4.99 Å². The molecule has 6 nitrogen and oxygen atoms in total. The van der Waals surface area contributed by atoms with Gasteiger partial charge in [0.2, 0.25) is 5.91 Å². The van der Waals surface area contributed by atoms with Crippen LogP contribution in [0.2, 0.25) is 0 Å². The summed E-state index contributed by atoms with van der Waals surface area (Å²) < 4.78 is 0. The zero-order chi connectivity index (χ0) is 19.9. The van der Waals surface area contributed by atoms with E-state index in [1.54, 1.807) is 0 Å². The third kappa shape index (κ3) is 7.56. The molecule has 0 aromatic heterocycles. The predicted octanol–water partition coefficient (Wildman–Crippen LogP) is 2.93. The van der Waals surface area contributed by atoms with Gasteiger partial charge < -0.3 is 15.5 Å². The fraction of sp³-hybridized carbons (Fsp3) is 0.909. The van der Waals surface area contributed by atoms with Gasteiger partial charge in [-0.3, -0.25) is 14.7 Å². The molecule has 1 saturated heterocycles. The van der Waals surface area contributed by atoms with Crippen LogP contribution in [0.5, 0.6) is 0 Å². The maximum atomic E-state index is 12.4. The quantitative estimate of drug-likeness (QED) is 0.322. The summed E-state index contributed by atoms with van der Waals surface area (Å²) in [6.07, 6.45) is 7.27. The van der Waals surface area contributed by atoms with Gasteiger partial charge in [-0.15, -0.1) is 24.0 Å². The van der Waals surface area contributed by atoms with Crippen molar-refractivity contribution in [3.8, 4) is 0 Å². The van der Waals surface area contributed by atoms with Crippen molar-refractivity contribution in [2.24, 2.45) is 22.7 Å².